The Labute approximate surface area is 137 Å². The molecule has 0 aliphatic carbocycles. The van der Waals surface area contributed by atoms with Crippen LogP contribution < -0.4 is 5.73 Å². The molecule has 5 heteroatoms. The van der Waals surface area contributed by atoms with Crippen LogP contribution in [0.1, 0.15) is 30.3 Å². The van der Waals surface area contributed by atoms with E-state index in [4.69, 9.17) is 5.73 Å². The Morgan fingerprint density at radius 1 is 1.39 bits per heavy atom. The summed E-state index contributed by atoms with van der Waals surface area (Å²) in [6.07, 6.45) is 6.87. The summed E-state index contributed by atoms with van der Waals surface area (Å²) in [5.74, 6) is 1.56. The molecule has 1 amide bonds. The molecule has 1 fully saturated rings. The topological polar surface area (TPSA) is 64.2 Å². The Bertz CT molecular complexity index is 652. The summed E-state index contributed by atoms with van der Waals surface area (Å²) in [6.45, 7) is 1.57. The number of amides is 1. The lowest BCUT2D eigenvalue weighted by Crippen LogP contribution is -2.44. The highest BCUT2D eigenvalue weighted by Gasteiger charge is 2.28. The van der Waals surface area contributed by atoms with Crippen LogP contribution in [0.3, 0.4) is 0 Å². The van der Waals surface area contributed by atoms with Crippen LogP contribution in [0.5, 0.6) is 0 Å². The Morgan fingerprint density at radius 3 is 2.87 bits per heavy atom. The van der Waals surface area contributed by atoms with Crippen LogP contribution in [-0.4, -0.2) is 33.4 Å². The molecule has 3 rings (SSSR count). The maximum atomic E-state index is 12.7. The molecular formula is C18H24N4O. The molecule has 0 radical (unpaired) electrons. The van der Waals surface area contributed by atoms with Crippen molar-refractivity contribution >= 4 is 5.91 Å². The van der Waals surface area contributed by atoms with E-state index in [1.165, 1.54) is 0 Å². The molecule has 2 atom stereocenters. The van der Waals surface area contributed by atoms with E-state index in [9.17, 15) is 4.79 Å². The van der Waals surface area contributed by atoms with Crippen molar-refractivity contribution in [2.45, 2.75) is 25.3 Å². The molecule has 0 bridgehead atoms. The van der Waals surface area contributed by atoms with Gasteiger partial charge in [-0.1, -0.05) is 30.3 Å². The number of hydrogen-bond donors (Lipinski definition) is 1. The molecule has 1 aliphatic heterocycles. The predicted molar refractivity (Wildman–Crippen MR) is 89.6 cm³/mol. The molecule has 1 saturated heterocycles. The summed E-state index contributed by atoms with van der Waals surface area (Å²) in [4.78, 5) is 19.0. The second-order valence-corrected chi connectivity index (χ2v) is 6.34. The molecule has 2 unspecified atom stereocenters. The van der Waals surface area contributed by atoms with Crippen molar-refractivity contribution in [3.63, 3.8) is 0 Å². The highest BCUT2D eigenvalue weighted by molar-refractivity contribution is 5.83. The molecule has 1 aromatic heterocycles. The lowest BCUT2D eigenvalue weighted by Gasteiger charge is -2.34. The molecule has 0 spiro atoms. The van der Waals surface area contributed by atoms with Gasteiger partial charge in [-0.25, -0.2) is 4.98 Å². The molecule has 1 aliphatic rings. The number of hydrogen-bond acceptors (Lipinski definition) is 3. The summed E-state index contributed by atoms with van der Waals surface area (Å²) < 4.78 is 2.05. The molecule has 0 saturated carbocycles. The third-order valence-electron chi connectivity index (χ3n) is 4.65. The van der Waals surface area contributed by atoms with E-state index in [0.717, 1.165) is 43.7 Å². The van der Waals surface area contributed by atoms with E-state index in [1.807, 2.05) is 54.7 Å². The van der Waals surface area contributed by atoms with Crippen LogP contribution in [0.25, 0.3) is 0 Å². The zero-order valence-electron chi connectivity index (χ0n) is 13.6. The van der Waals surface area contributed by atoms with Crippen molar-refractivity contribution in [1.82, 2.24) is 14.5 Å². The normalized spacial score (nSPS) is 19.6. The van der Waals surface area contributed by atoms with Crippen LogP contribution in [0.15, 0.2) is 42.7 Å². The van der Waals surface area contributed by atoms with Crippen molar-refractivity contribution in [3.05, 3.63) is 54.1 Å². The van der Waals surface area contributed by atoms with E-state index in [0.29, 0.717) is 5.92 Å². The number of aromatic nitrogens is 2. The molecule has 23 heavy (non-hydrogen) atoms. The maximum absolute atomic E-state index is 12.7. The molecular weight excluding hydrogens is 288 g/mol. The zero-order valence-corrected chi connectivity index (χ0v) is 13.6. The Morgan fingerprint density at radius 2 is 2.17 bits per heavy atom. The van der Waals surface area contributed by atoms with Gasteiger partial charge in [0.2, 0.25) is 5.91 Å². The van der Waals surface area contributed by atoms with E-state index in [1.54, 1.807) is 0 Å². The highest BCUT2D eigenvalue weighted by atomic mass is 16.2. The Balaban J connectivity index is 1.64. The average molecular weight is 312 g/mol. The minimum atomic E-state index is -0.567. The predicted octanol–water partition coefficient (Wildman–Crippen LogP) is 1.90. The van der Waals surface area contributed by atoms with E-state index < -0.39 is 6.04 Å². The SMILES string of the molecule is Cn1ccnc1CC1CCCN(C(=O)C(N)c2ccccc2)C1. The van der Waals surface area contributed by atoms with E-state index >= 15 is 0 Å². The quantitative estimate of drug-likeness (QED) is 0.938. The lowest BCUT2D eigenvalue weighted by molar-refractivity contribution is -0.134. The van der Waals surface area contributed by atoms with E-state index in [-0.39, 0.29) is 5.91 Å². The summed E-state index contributed by atoms with van der Waals surface area (Å²) in [7, 11) is 2.01. The Hall–Kier alpha value is -2.14. The minimum absolute atomic E-state index is 0.0285. The number of carbonyl (C=O) groups is 1. The fraction of sp³-hybridized carbons (Fsp3) is 0.444. The number of imidazole rings is 1. The van der Waals surface area contributed by atoms with Gasteiger partial charge in [-0.3, -0.25) is 4.79 Å². The Kier molecular flexibility index (Phi) is 4.76. The standard InChI is InChI=1S/C18H24N4O/c1-21-11-9-20-16(21)12-14-6-5-10-22(13-14)18(23)17(19)15-7-3-2-4-8-15/h2-4,7-9,11,14,17H,5-6,10,12-13,19H2,1H3. The van der Waals surface area contributed by atoms with Crippen LogP contribution in [0.4, 0.5) is 0 Å². The number of rotatable bonds is 4. The van der Waals surface area contributed by atoms with Crippen molar-refractivity contribution in [3.8, 4) is 0 Å². The van der Waals surface area contributed by atoms with Crippen molar-refractivity contribution in [2.24, 2.45) is 18.7 Å². The molecule has 2 N–H and O–H groups in total. The number of aryl methyl sites for hydroxylation is 1. The smallest absolute Gasteiger partial charge is 0.244 e. The van der Waals surface area contributed by atoms with Crippen LogP contribution in [0, 0.1) is 5.92 Å². The fourth-order valence-corrected chi connectivity index (χ4v) is 3.28. The molecule has 2 heterocycles. The summed E-state index contributed by atoms with van der Waals surface area (Å²) in [6, 6.07) is 9.04. The van der Waals surface area contributed by atoms with Gasteiger partial charge in [0.1, 0.15) is 11.9 Å². The first-order valence-corrected chi connectivity index (χ1v) is 8.20. The van der Waals surface area contributed by atoms with Gasteiger partial charge in [0.05, 0.1) is 0 Å². The number of likely N-dealkylation sites (tertiary alicyclic amines) is 1. The number of carbonyl (C=O) groups excluding carboxylic acids is 1. The fourth-order valence-electron chi connectivity index (χ4n) is 3.28. The maximum Gasteiger partial charge on any atom is 0.244 e. The van der Waals surface area contributed by atoms with Gasteiger partial charge in [0.15, 0.2) is 0 Å². The van der Waals surface area contributed by atoms with Crippen molar-refractivity contribution < 1.29 is 4.79 Å². The monoisotopic (exact) mass is 312 g/mol. The van der Waals surface area contributed by atoms with Crippen LogP contribution in [-0.2, 0) is 18.3 Å². The number of piperidine rings is 1. The lowest BCUT2D eigenvalue weighted by atomic mass is 9.93. The van der Waals surface area contributed by atoms with Gasteiger partial charge >= 0.3 is 0 Å². The summed E-state index contributed by atoms with van der Waals surface area (Å²) >= 11 is 0. The van der Waals surface area contributed by atoms with Crippen LogP contribution >= 0.6 is 0 Å². The van der Waals surface area contributed by atoms with Gasteiger partial charge in [0, 0.05) is 39.0 Å². The molecule has 2 aromatic rings. The van der Waals surface area contributed by atoms with Gasteiger partial charge in [-0.05, 0) is 24.3 Å². The van der Waals surface area contributed by atoms with Crippen molar-refractivity contribution in [1.29, 1.82) is 0 Å². The van der Waals surface area contributed by atoms with Gasteiger partial charge in [0.25, 0.3) is 0 Å². The van der Waals surface area contributed by atoms with E-state index in [2.05, 4.69) is 9.55 Å². The second kappa shape index (κ2) is 6.96. The van der Waals surface area contributed by atoms with Gasteiger partial charge in [-0.15, -0.1) is 0 Å². The minimum Gasteiger partial charge on any atom is -0.341 e. The van der Waals surface area contributed by atoms with Crippen LogP contribution in [0.2, 0.25) is 0 Å². The van der Waals surface area contributed by atoms with Gasteiger partial charge in [-0.2, -0.15) is 0 Å². The third kappa shape index (κ3) is 3.62. The molecule has 122 valence electrons. The zero-order chi connectivity index (χ0) is 16.2. The first-order valence-electron chi connectivity index (χ1n) is 8.20. The first-order chi connectivity index (χ1) is 11.1. The summed E-state index contributed by atoms with van der Waals surface area (Å²) in [5.41, 5.74) is 7.05. The first kappa shape index (κ1) is 15.7. The molecule has 1 aromatic carbocycles. The number of nitrogens with two attached hydrogens (primary N) is 1. The number of benzene rings is 1. The molecule has 5 nitrogen and oxygen atoms in total. The van der Waals surface area contributed by atoms with Gasteiger partial charge < -0.3 is 15.2 Å². The summed E-state index contributed by atoms with van der Waals surface area (Å²) in [5, 5.41) is 0. The largest absolute Gasteiger partial charge is 0.341 e. The number of nitrogens with zero attached hydrogens (tertiary/aromatic N) is 3. The second-order valence-electron chi connectivity index (χ2n) is 6.34. The average Bonchev–Trinajstić information content (AvgIpc) is 2.99. The third-order valence-corrected chi connectivity index (χ3v) is 4.65. The van der Waals surface area contributed by atoms with Crippen molar-refractivity contribution in [2.75, 3.05) is 13.1 Å². The highest BCUT2D eigenvalue weighted by Crippen LogP contribution is 2.23.